The number of furan rings is 1. The van der Waals surface area contributed by atoms with Crippen LogP contribution < -0.4 is 0 Å². The van der Waals surface area contributed by atoms with E-state index in [4.69, 9.17) is 4.42 Å². The molecule has 0 aliphatic carbocycles. The van der Waals surface area contributed by atoms with Crippen molar-refractivity contribution in [2.24, 2.45) is 0 Å². The van der Waals surface area contributed by atoms with Gasteiger partial charge in [-0.2, -0.15) is 0 Å². The third-order valence-electron chi connectivity index (χ3n) is 4.22. The van der Waals surface area contributed by atoms with Gasteiger partial charge in [-0.1, -0.05) is 41.5 Å². The summed E-state index contributed by atoms with van der Waals surface area (Å²) in [4.78, 5) is 0. The van der Waals surface area contributed by atoms with Crippen molar-refractivity contribution in [1.29, 1.82) is 0 Å². The van der Waals surface area contributed by atoms with E-state index in [1.54, 1.807) is 6.26 Å². The van der Waals surface area contributed by atoms with E-state index in [1.807, 2.05) is 78.0 Å². The van der Waals surface area contributed by atoms with Gasteiger partial charge in [0, 0.05) is 11.1 Å². The predicted molar refractivity (Wildman–Crippen MR) is 132 cm³/mol. The average molecular weight is 537 g/mol. The van der Waals surface area contributed by atoms with E-state index in [0.717, 1.165) is 5.76 Å². The number of phenolic OH excluding ortho intramolecular Hbond substituents is 2. The number of hydrogen-bond donors (Lipinski definition) is 2. The van der Waals surface area contributed by atoms with Gasteiger partial charge in [0.15, 0.2) is 0 Å². The fraction of sp³-hybridized carbons (Fsp3) is 0.320. The Hall–Kier alpha value is -1.66. The first-order chi connectivity index (χ1) is 14.3. The van der Waals surface area contributed by atoms with Gasteiger partial charge in [-0.15, -0.1) is 24.8 Å². The quantitative estimate of drug-likeness (QED) is 0.317. The molecule has 3 rings (SSSR count). The van der Waals surface area contributed by atoms with Gasteiger partial charge in [-0.25, -0.2) is 8.78 Å². The second kappa shape index (κ2) is 14.6. The first-order valence-corrected chi connectivity index (χ1v) is 10.7. The molecular formula is C25H32Cl2F2O3Ti. The van der Waals surface area contributed by atoms with Gasteiger partial charge in [-0.3, -0.25) is 0 Å². The van der Waals surface area contributed by atoms with Crippen molar-refractivity contribution in [2.45, 2.75) is 52.4 Å². The number of phenols is 2. The molecule has 2 aromatic carbocycles. The Bertz CT molecular complexity index is 919. The number of hydrogen-bond acceptors (Lipinski definition) is 3. The van der Waals surface area contributed by atoms with Gasteiger partial charge in [0.1, 0.15) is 23.1 Å². The zero-order valence-electron chi connectivity index (χ0n) is 19.6. The Kier molecular flexibility index (Phi) is 14.8. The second-order valence-electron chi connectivity index (χ2n) is 8.98. The van der Waals surface area contributed by atoms with Gasteiger partial charge in [0.2, 0.25) is 0 Å². The Balaban J connectivity index is 0. The summed E-state index contributed by atoms with van der Waals surface area (Å²) in [5.41, 5.74) is 0.850. The Morgan fingerprint density at radius 1 is 0.758 bits per heavy atom. The zero-order chi connectivity index (χ0) is 23.8. The summed E-state index contributed by atoms with van der Waals surface area (Å²) >= 11 is 1.94. The van der Waals surface area contributed by atoms with Crippen molar-refractivity contribution < 1.29 is 43.4 Å². The third-order valence-corrected chi connectivity index (χ3v) is 4.66. The maximum atomic E-state index is 12.8. The van der Waals surface area contributed by atoms with Crippen molar-refractivity contribution in [3.63, 3.8) is 0 Å². The summed E-state index contributed by atoms with van der Waals surface area (Å²) in [6, 6.07) is 11.8. The number of aromatic hydroxyl groups is 2. The van der Waals surface area contributed by atoms with Crippen LogP contribution >= 0.6 is 24.8 Å². The molecule has 0 saturated carbocycles. The van der Waals surface area contributed by atoms with Crippen LogP contribution in [0, 0.1) is 11.6 Å². The summed E-state index contributed by atoms with van der Waals surface area (Å²) in [6.07, 6.45) is 1.66. The molecule has 0 bridgehead atoms. The standard InChI is InChI=1S/2C10H13FO.C5H4O.2ClH.Ti/c2*1-10(2,3)8-6-7(11)4-5-9(8)12;1-5-3-2-4-6-5;;;/h2*4-6,12H,1-3H3;1-4H;2*1H;. The monoisotopic (exact) mass is 536 g/mol. The average Bonchev–Trinajstić information content (AvgIpc) is 3.19. The summed E-state index contributed by atoms with van der Waals surface area (Å²) in [6.45, 7) is 11.6. The molecule has 0 atom stereocenters. The molecule has 3 aromatic rings. The number of rotatable bonds is 1. The molecule has 1 aromatic heterocycles. The zero-order valence-corrected chi connectivity index (χ0v) is 22.8. The summed E-state index contributed by atoms with van der Waals surface area (Å²) in [5, 5.41) is 18.8. The molecule has 3 nitrogen and oxygen atoms in total. The number of halogens is 4. The van der Waals surface area contributed by atoms with Crippen molar-refractivity contribution in [2.75, 3.05) is 0 Å². The van der Waals surface area contributed by atoms with E-state index in [2.05, 4.69) is 0 Å². The third kappa shape index (κ3) is 11.9. The van der Waals surface area contributed by atoms with Gasteiger partial charge in [-0.05, 0) is 47.2 Å². The second-order valence-corrected chi connectivity index (χ2v) is 9.43. The fourth-order valence-corrected chi connectivity index (χ4v) is 2.85. The topological polar surface area (TPSA) is 53.6 Å². The van der Waals surface area contributed by atoms with Crippen LogP contribution in [0.3, 0.4) is 0 Å². The maximum absolute atomic E-state index is 12.8. The van der Waals surface area contributed by atoms with Crippen molar-refractivity contribution in [3.05, 3.63) is 83.3 Å². The molecule has 0 fully saturated rings. The van der Waals surface area contributed by atoms with Crippen molar-refractivity contribution >= 4 is 29.1 Å². The van der Waals surface area contributed by atoms with E-state index in [-0.39, 0.29) is 58.8 Å². The van der Waals surface area contributed by atoms with Crippen molar-refractivity contribution in [1.82, 2.24) is 0 Å². The van der Waals surface area contributed by atoms with E-state index in [0.29, 0.717) is 11.1 Å². The summed E-state index contributed by atoms with van der Waals surface area (Å²) < 4.78 is 32.4. The van der Waals surface area contributed by atoms with Crippen LogP contribution in [-0.4, -0.2) is 14.5 Å². The molecule has 0 aliphatic rings. The van der Waals surface area contributed by atoms with Crippen LogP contribution in [0.25, 0.3) is 0 Å². The number of benzene rings is 2. The Morgan fingerprint density at radius 2 is 1.15 bits per heavy atom. The molecule has 0 saturated heterocycles. The van der Waals surface area contributed by atoms with Crippen LogP contribution in [0.5, 0.6) is 11.5 Å². The Labute approximate surface area is 219 Å². The van der Waals surface area contributed by atoms with E-state index >= 15 is 0 Å². The van der Waals surface area contributed by atoms with Crippen molar-refractivity contribution in [3.8, 4) is 11.5 Å². The molecule has 0 unspecified atom stereocenters. The SMILES string of the molecule is CC(C)(C)c1cc(F)ccc1O.CC(C)(C)c1cc(F)ccc1O.Cl.Cl.[Ti]=[CH]c1ccco1. The minimum atomic E-state index is -0.308. The van der Waals surface area contributed by atoms with E-state index < -0.39 is 0 Å². The van der Waals surface area contributed by atoms with Crippen LogP contribution in [0.4, 0.5) is 8.78 Å². The molecular weight excluding hydrogens is 505 g/mol. The van der Waals surface area contributed by atoms with Crippen LogP contribution in [0.15, 0.2) is 59.2 Å². The van der Waals surface area contributed by atoms with E-state index in [1.165, 1.54) is 36.4 Å². The summed E-state index contributed by atoms with van der Waals surface area (Å²) in [5.74, 6) is 0.628. The molecule has 0 amide bonds. The first-order valence-electron chi connectivity index (χ1n) is 9.77. The molecule has 0 aliphatic heterocycles. The van der Waals surface area contributed by atoms with Crippen LogP contribution in [-0.2, 0) is 30.8 Å². The fourth-order valence-electron chi connectivity index (χ4n) is 2.59. The molecule has 1 heterocycles. The summed E-state index contributed by atoms with van der Waals surface area (Å²) in [7, 11) is 0. The molecule has 8 heteroatoms. The molecule has 182 valence electrons. The Morgan fingerprint density at radius 3 is 1.36 bits per heavy atom. The van der Waals surface area contributed by atoms with E-state index in [9.17, 15) is 19.0 Å². The molecule has 2 N–H and O–H groups in total. The van der Waals surface area contributed by atoms with Crippen LogP contribution in [0.1, 0.15) is 58.4 Å². The molecule has 0 radical (unpaired) electrons. The first kappa shape index (κ1) is 33.5. The van der Waals surface area contributed by atoms with Crippen LogP contribution in [0.2, 0.25) is 0 Å². The molecule has 33 heavy (non-hydrogen) atoms. The van der Waals surface area contributed by atoms with Gasteiger partial charge >= 0.3 is 52.9 Å². The van der Waals surface area contributed by atoms with Gasteiger partial charge in [0.05, 0.1) is 0 Å². The minimum absolute atomic E-state index is 0. The van der Waals surface area contributed by atoms with Gasteiger partial charge in [0.25, 0.3) is 0 Å². The normalized spacial score (nSPS) is 10.3. The van der Waals surface area contributed by atoms with Gasteiger partial charge < -0.3 is 10.2 Å². The molecule has 0 spiro atoms. The predicted octanol–water partition coefficient (Wildman–Crippen LogP) is 7.48.